The molecule has 0 aliphatic carbocycles. The van der Waals surface area contributed by atoms with E-state index in [-0.39, 0.29) is 12.4 Å². The molecule has 0 aliphatic rings. The third kappa shape index (κ3) is 4.80. The first-order chi connectivity index (χ1) is 7.86. The lowest BCUT2D eigenvalue weighted by Crippen LogP contribution is -2.16. The first-order valence-electron chi connectivity index (χ1n) is 5.33. The van der Waals surface area contributed by atoms with E-state index in [0.717, 1.165) is 19.5 Å². The number of hydrogen-bond acceptors (Lipinski definition) is 2. The van der Waals surface area contributed by atoms with Crippen LogP contribution in [0.3, 0.4) is 0 Å². The molecule has 0 radical (unpaired) electrons. The highest BCUT2D eigenvalue weighted by atomic mass is 79.9. The maximum absolute atomic E-state index is 3.56. The van der Waals surface area contributed by atoms with Gasteiger partial charge in [0.15, 0.2) is 0 Å². The van der Waals surface area contributed by atoms with E-state index in [4.69, 9.17) is 0 Å². The first kappa shape index (κ1) is 14.7. The average Bonchev–Trinajstić information content (AvgIpc) is 2.79. The molecule has 1 N–H and O–H groups in total. The molecule has 1 aromatic heterocycles. The van der Waals surface area contributed by atoms with Crippen LogP contribution in [0.5, 0.6) is 0 Å². The summed E-state index contributed by atoms with van der Waals surface area (Å²) >= 11 is 5.36. The fraction of sp³-hybridized carbons (Fsp3) is 0.231. The largest absolute Gasteiger partial charge is 0.312 e. The minimum atomic E-state index is 0. The maximum Gasteiger partial charge on any atom is 0.0299 e. The topological polar surface area (TPSA) is 12.0 Å². The highest BCUT2D eigenvalue weighted by Gasteiger charge is 1.98. The van der Waals surface area contributed by atoms with E-state index < -0.39 is 0 Å². The molecule has 0 aliphatic heterocycles. The lowest BCUT2D eigenvalue weighted by molar-refractivity contribution is 0.692. The van der Waals surface area contributed by atoms with Gasteiger partial charge in [0.1, 0.15) is 0 Å². The van der Waals surface area contributed by atoms with Crippen molar-refractivity contribution >= 4 is 39.7 Å². The standard InChI is InChI=1S/C13H14BrNS.ClH/c14-13-6-2-1-4-11(13)7-8-15-10-12-5-3-9-16-12;/h1-6,9,15H,7-8,10H2;1H. The van der Waals surface area contributed by atoms with Crippen molar-refractivity contribution in [3.05, 3.63) is 56.7 Å². The summed E-state index contributed by atoms with van der Waals surface area (Å²) in [5, 5.41) is 5.57. The quantitative estimate of drug-likeness (QED) is 0.807. The highest BCUT2D eigenvalue weighted by molar-refractivity contribution is 9.10. The van der Waals surface area contributed by atoms with E-state index in [9.17, 15) is 0 Å². The highest BCUT2D eigenvalue weighted by Crippen LogP contribution is 2.15. The van der Waals surface area contributed by atoms with Crippen molar-refractivity contribution in [2.24, 2.45) is 0 Å². The van der Waals surface area contributed by atoms with E-state index >= 15 is 0 Å². The molecule has 17 heavy (non-hydrogen) atoms. The van der Waals surface area contributed by atoms with Crippen LogP contribution < -0.4 is 5.32 Å². The van der Waals surface area contributed by atoms with E-state index in [0.29, 0.717) is 0 Å². The molecule has 2 rings (SSSR count). The van der Waals surface area contributed by atoms with Gasteiger partial charge < -0.3 is 5.32 Å². The summed E-state index contributed by atoms with van der Waals surface area (Å²) in [5.74, 6) is 0. The van der Waals surface area contributed by atoms with Gasteiger partial charge in [0.05, 0.1) is 0 Å². The van der Waals surface area contributed by atoms with Crippen LogP contribution in [0.1, 0.15) is 10.4 Å². The maximum atomic E-state index is 3.56. The zero-order chi connectivity index (χ0) is 11.2. The van der Waals surface area contributed by atoms with Crippen LogP contribution in [0.25, 0.3) is 0 Å². The smallest absolute Gasteiger partial charge is 0.0299 e. The molecule has 0 unspecified atom stereocenters. The van der Waals surface area contributed by atoms with Crippen LogP contribution in [0.2, 0.25) is 0 Å². The monoisotopic (exact) mass is 331 g/mol. The molecule has 4 heteroatoms. The lowest BCUT2D eigenvalue weighted by Gasteiger charge is -2.05. The second-order valence-electron chi connectivity index (χ2n) is 3.60. The SMILES string of the molecule is Brc1ccccc1CCNCc1cccs1.Cl. The normalized spacial score (nSPS) is 9.94. The van der Waals surface area contributed by atoms with Gasteiger partial charge in [0.2, 0.25) is 0 Å². The average molecular weight is 333 g/mol. The Bertz CT molecular complexity index is 431. The summed E-state index contributed by atoms with van der Waals surface area (Å²) in [6.45, 7) is 1.99. The van der Waals surface area contributed by atoms with Gasteiger partial charge in [-0.1, -0.05) is 40.2 Å². The second-order valence-corrected chi connectivity index (χ2v) is 5.48. The molecule has 0 amide bonds. The van der Waals surface area contributed by atoms with Crippen LogP contribution in [0.15, 0.2) is 46.3 Å². The van der Waals surface area contributed by atoms with Crippen molar-refractivity contribution in [2.75, 3.05) is 6.54 Å². The van der Waals surface area contributed by atoms with E-state index in [1.54, 1.807) is 11.3 Å². The number of hydrogen-bond donors (Lipinski definition) is 1. The minimum absolute atomic E-state index is 0. The Labute approximate surface area is 121 Å². The molecule has 1 nitrogen and oxygen atoms in total. The molecule has 2 aromatic rings. The van der Waals surface area contributed by atoms with Crippen molar-refractivity contribution in [1.29, 1.82) is 0 Å². The summed E-state index contributed by atoms with van der Waals surface area (Å²) in [4.78, 5) is 1.40. The molecule has 0 fully saturated rings. The Morgan fingerprint density at radius 2 is 1.94 bits per heavy atom. The van der Waals surface area contributed by atoms with E-state index in [1.165, 1.54) is 14.9 Å². The number of thiophene rings is 1. The fourth-order valence-corrected chi connectivity index (χ4v) is 2.71. The summed E-state index contributed by atoms with van der Waals surface area (Å²) in [5.41, 5.74) is 1.36. The Morgan fingerprint density at radius 1 is 1.12 bits per heavy atom. The van der Waals surface area contributed by atoms with Crippen molar-refractivity contribution in [3.63, 3.8) is 0 Å². The Hall–Kier alpha value is -0.350. The van der Waals surface area contributed by atoms with Crippen molar-refractivity contribution in [2.45, 2.75) is 13.0 Å². The summed E-state index contributed by atoms with van der Waals surface area (Å²) in [6.07, 6.45) is 1.06. The molecular formula is C13H15BrClNS. The zero-order valence-electron chi connectivity index (χ0n) is 9.36. The van der Waals surface area contributed by atoms with Gasteiger partial charge in [-0.25, -0.2) is 0 Å². The van der Waals surface area contributed by atoms with Gasteiger partial charge in [-0.2, -0.15) is 0 Å². The van der Waals surface area contributed by atoms with Gasteiger partial charge >= 0.3 is 0 Å². The van der Waals surface area contributed by atoms with Crippen molar-refractivity contribution < 1.29 is 0 Å². The van der Waals surface area contributed by atoms with Crippen molar-refractivity contribution in [3.8, 4) is 0 Å². The van der Waals surface area contributed by atoms with Gasteiger partial charge in [0.25, 0.3) is 0 Å². The molecular weight excluding hydrogens is 318 g/mol. The van der Waals surface area contributed by atoms with E-state index in [1.807, 2.05) is 6.07 Å². The van der Waals surface area contributed by atoms with Crippen LogP contribution in [-0.4, -0.2) is 6.54 Å². The Balaban J connectivity index is 0.00000144. The third-order valence-corrected chi connectivity index (χ3v) is 4.06. The summed E-state index contributed by atoms with van der Waals surface area (Å²) < 4.78 is 1.20. The number of benzene rings is 1. The molecule has 92 valence electrons. The molecule has 0 saturated heterocycles. The number of rotatable bonds is 5. The predicted molar refractivity (Wildman–Crippen MR) is 81.1 cm³/mol. The van der Waals surface area contributed by atoms with Gasteiger partial charge in [-0.3, -0.25) is 0 Å². The molecule has 0 bridgehead atoms. The molecule has 0 saturated carbocycles. The lowest BCUT2D eigenvalue weighted by atomic mass is 10.1. The first-order valence-corrected chi connectivity index (χ1v) is 7.00. The Kier molecular flexibility index (Phi) is 6.82. The second kappa shape index (κ2) is 7.88. The Morgan fingerprint density at radius 3 is 2.65 bits per heavy atom. The summed E-state index contributed by atoms with van der Waals surface area (Å²) in [6, 6.07) is 12.6. The molecule has 0 spiro atoms. The molecule has 0 atom stereocenters. The van der Waals surface area contributed by atoms with E-state index in [2.05, 4.69) is 57.0 Å². The number of halogens is 2. The minimum Gasteiger partial charge on any atom is -0.312 e. The van der Waals surface area contributed by atoms with Gasteiger partial charge in [-0.15, -0.1) is 23.7 Å². The van der Waals surface area contributed by atoms with Gasteiger partial charge in [-0.05, 0) is 36.0 Å². The van der Waals surface area contributed by atoms with Crippen LogP contribution in [0, 0.1) is 0 Å². The molecule has 1 aromatic carbocycles. The summed E-state index contributed by atoms with van der Waals surface area (Å²) in [7, 11) is 0. The number of nitrogens with one attached hydrogen (secondary N) is 1. The van der Waals surface area contributed by atoms with Crippen LogP contribution >= 0.6 is 39.7 Å². The zero-order valence-corrected chi connectivity index (χ0v) is 12.6. The van der Waals surface area contributed by atoms with Crippen molar-refractivity contribution in [1.82, 2.24) is 5.32 Å². The fourth-order valence-electron chi connectivity index (χ4n) is 1.55. The van der Waals surface area contributed by atoms with Crippen LogP contribution in [-0.2, 0) is 13.0 Å². The predicted octanol–water partition coefficient (Wildman–Crippen LogP) is 4.26. The van der Waals surface area contributed by atoms with Gasteiger partial charge in [0, 0.05) is 15.9 Å². The molecule has 1 heterocycles. The van der Waals surface area contributed by atoms with Crippen LogP contribution in [0.4, 0.5) is 0 Å². The third-order valence-electron chi connectivity index (χ3n) is 2.41.